The molecule has 2 saturated heterocycles. The van der Waals surface area contributed by atoms with Gasteiger partial charge in [-0.25, -0.2) is 4.79 Å². The number of esters is 1. The Morgan fingerprint density at radius 1 is 0.836 bits per heavy atom. The third kappa shape index (κ3) is 8.60. The van der Waals surface area contributed by atoms with Gasteiger partial charge in [-0.1, -0.05) is 75.2 Å². The van der Waals surface area contributed by atoms with Gasteiger partial charge in [-0.3, -0.25) is 24.4 Å². The number of methoxy groups -OCH3 is 2. The van der Waals surface area contributed by atoms with Gasteiger partial charge in [0.2, 0.25) is 11.8 Å². The van der Waals surface area contributed by atoms with Crippen molar-refractivity contribution in [2.24, 2.45) is 39.1 Å². The zero-order valence-electron chi connectivity index (χ0n) is 40.0. The highest BCUT2D eigenvalue weighted by Crippen LogP contribution is 2.56. The quantitative estimate of drug-likeness (QED) is 0.202. The maximum absolute atomic E-state index is 15.5. The van der Waals surface area contributed by atoms with Crippen molar-refractivity contribution in [3.63, 3.8) is 0 Å². The highest BCUT2D eigenvalue weighted by molar-refractivity contribution is 6.04. The maximum atomic E-state index is 15.5. The van der Waals surface area contributed by atoms with Gasteiger partial charge in [0.15, 0.2) is 0 Å². The van der Waals surface area contributed by atoms with E-state index in [-0.39, 0.29) is 76.6 Å². The zero-order valence-corrected chi connectivity index (χ0v) is 40.0. The Morgan fingerprint density at radius 2 is 1.54 bits per heavy atom. The predicted molar refractivity (Wildman–Crippen MR) is 254 cm³/mol. The molecule has 3 aromatic rings. The Morgan fingerprint density at radius 3 is 2.22 bits per heavy atom. The van der Waals surface area contributed by atoms with Crippen LogP contribution in [-0.4, -0.2) is 90.0 Å². The summed E-state index contributed by atoms with van der Waals surface area (Å²) in [5.74, 6) is -3.26. The van der Waals surface area contributed by atoms with Gasteiger partial charge in [-0.05, 0) is 122 Å². The number of carbonyl (C=O) groups is 4. The van der Waals surface area contributed by atoms with Gasteiger partial charge in [0.1, 0.15) is 6.04 Å². The molecule has 3 amide bonds. The van der Waals surface area contributed by atoms with Gasteiger partial charge in [-0.2, -0.15) is 8.78 Å². The number of carbonyl (C=O) groups excluding carboxylic acids is 4. The molecular weight excluding hydrogens is 853 g/mol. The number of benzene rings is 3. The average molecular weight is 916 g/mol. The number of nitrogens with one attached hydrogen (secondary N) is 1. The average Bonchev–Trinajstić information content (AvgIpc) is 3.96. The minimum absolute atomic E-state index is 0.0261. The van der Waals surface area contributed by atoms with Crippen LogP contribution in [0.5, 0.6) is 0 Å². The number of aliphatic imine (C=N–C) groups is 2. The molecule has 10 rings (SSSR count). The van der Waals surface area contributed by atoms with Crippen molar-refractivity contribution in [3.8, 4) is 11.1 Å². The Labute approximate surface area is 392 Å². The largest absolute Gasteiger partial charge is 0.469 e. The highest BCUT2D eigenvalue weighted by Gasteiger charge is 2.56. The molecule has 11 nitrogen and oxygen atoms in total. The van der Waals surface area contributed by atoms with Gasteiger partial charge in [0.05, 0.1) is 44.3 Å². The number of alkyl carbamates (subject to hydrolysis) is 1. The SMILES string of the molecule is COC(=O)C[C@H](C(=O)N1[C@@H]2CC[C@@H](C2)[C@H]1C1=Nc2ccc(C)cc2C1)C(C)C.COC(=O)N[C@H](C(=O)N1CC2(CC2)CC1C1=NC=C(c2ccc3c(c2)C(F)(F)c2cc(C)ccc2-3)C1)C(C)C. The standard InChI is InChI=1S/C31H33F2N3O3.C23H30N2O3/c1-17(2)27(35-29(38)39-4)28(37)36-16-30(9-10-30)14-26(36)25-13-20(15-34-25)19-6-8-22-21-7-5-18(3)11-23(21)31(32,33)24(22)12-19;1-13(2)18(12-21(26)28-4)23(27)25-17-7-6-15(10-17)22(25)20-11-16-9-14(3)5-8-19(16)24-20/h5-8,11-12,15,17,26-27H,9-10,13-14,16H2,1-4H3,(H,35,38);5,8-9,13,15,17-18,22H,6-7,10-12H2,1-4H3/t26?,27-;15-,17+,18-,22-/m00/s1. The Hall–Kier alpha value is -5.72. The van der Waals surface area contributed by atoms with Crippen molar-refractivity contribution in [1.82, 2.24) is 15.1 Å². The maximum Gasteiger partial charge on any atom is 0.407 e. The van der Waals surface area contributed by atoms with Crippen LogP contribution in [0.3, 0.4) is 0 Å². The summed E-state index contributed by atoms with van der Waals surface area (Å²) in [6.45, 7) is 12.4. The number of hydrogen-bond donors (Lipinski definition) is 1. The van der Waals surface area contributed by atoms with E-state index in [0.29, 0.717) is 30.0 Å². The Kier molecular flexibility index (Phi) is 12.3. The molecule has 4 heterocycles. The van der Waals surface area contributed by atoms with Gasteiger partial charge < -0.3 is 24.6 Å². The molecule has 67 heavy (non-hydrogen) atoms. The summed E-state index contributed by atoms with van der Waals surface area (Å²) in [4.78, 5) is 64.8. The third-order valence-electron chi connectivity index (χ3n) is 15.6. The fourth-order valence-corrected chi connectivity index (χ4v) is 11.7. The lowest BCUT2D eigenvalue weighted by molar-refractivity contribution is -0.149. The van der Waals surface area contributed by atoms with E-state index >= 15 is 8.78 Å². The molecule has 1 spiro atoms. The van der Waals surface area contributed by atoms with Crippen LogP contribution in [0.25, 0.3) is 16.7 Å². The summed E-state index contributed by atoms with van der Waals surface area (Å²) in [5, 5.41) is 2.70. The lowest BCUT2D eigenvalue weighted by atomic mass is 9.87. The first-order chi connectivity index (χ1) is 31.9. The zero-order chi connectivity index (χ0) is 47.7. The van der Waals surface area contributed by atoms with Crippen LogP contribution in [0.1, 0.15) is 112 Å². The number of aryl methyl sites for hydroxylation is 2. The van der Waals surface area contributed by atoms with E-state index in [2.05, 4.69) is 35.3 Å². The summed E-state index contributed by atoms with van der Waals surface area (Å²) >= 11 is 0. The normalized spacial score (nSPS) is 24.0. The Bertz CT molecular complexity index is 2610. The van der Waals surface area contributed by atoms with Crippen molar-refractivity contribution < 1.29 is 37.4 Å². The molecule has 3 aliphatic carbocycles. The number of piperidine rings is 1. The topological polar surface area (TPSA) is 130 Å². The second-order valence-corrected chi connectivity index (χ2v) is 20.8. The van der Waals surface area contributed by atoms with E-state index in [1.165, 1.54) is 25.3 Å². The summed E-state index contributed by atoms with van der Waals surface area (Å²) in [6.07, 6.45) is 8.87. The summed E-state index contributed by atoms with van der Waals surface area (Å²) in [6, 6.07) is 16.4. The number of alkyl halides is 2. The summed E-state index contributed by atoms with van der Waals surface area (Å²) < 4.78 is 40.5. The molecule has 4 aliphatic heterocycles. The van der Waals surface area contributed by atoms with E-state index in [0.717, 1.165) is 78.8 Å². The minimum Gasteiger partial charge on any atom is -0.469 e. The van der Waals surface area contributed by atoms with Gasteiger partial charge in [0, 0.05) is 54.2 Å². The summed E-state index contributed by atoms with van der Waals surface area (Å²) in [7, 11) is 2.67. The second kappa shape index (κ2) is 17.7. The number of ether oxygens (including phenoxy) is 2. The number of hydrogen-bond acceptors (Lipinski definition) is 8. The van der Waals surface area contributed by atoms with Gasteiger partial charge in [0.25, 0.3) is 5.92 Å². The highest BCUT2D eigenvalue weighted by atomic mass is 19.3. The third-order valence-corrected chi connectivity index (χ3v) is 15.6. The molecule has 13 heteroatoms. The van der Waals surface area contributed by atoms with Crippen molar-refractivity contribution in [1.29, 1.82) is 0 Å². The van der Waals surface area contributed by atoms with Crippen LogP contribution in [0.2, 0.25) is 0 Å². The van der Waals surface area contributed by atoms with Crippen molar-refractivity contribution in [2.75, 3.05) is 20.8 Å². The lowest BCUT2D eigenvalue weighted by Crippen LogP contribution is -2.53. The second-order valence-electron chi connectivity index (χ2n) is 20.8. The molecule has 3 aromatic carbocycles. The first-order valence-corrected chi connectivity index (χ1v) is 24.0. The van der Waals surface area contributed by atoms with Gasteiger partial charge >= 0.3 is 12.1 Å². The van der Waals surface area contributed by atoms with Crippen LogP contribution >= 0.6 is 0 Å². The first kappa shape index (κ1) is 46.4. The number of likely N-dealkylation sites (tertiary alicyclic amines) is 2. The molecule has 6 atom stereocenters. The smallest absolute Gasteiger partial charge is 0.407 e. The predicted octanol–water partition coefficient (Wildman–Crippen LogP) is 9.90. The molecular formula is C54H63F2N5O6. The summed E-state index contributed by atoms with van der Waals surface area (Å²) in [5.41, 5.74) is 9.30. The lowest BCUT2D eigenvalue weighted by Gasteiger charge is -2.38. The van der Waals surface area contributed by atoms with Crippen LogP contribution < -0.4 is 5.32 Å². The first-order valence-electron chi connectivity index (χ1n) is 24.0. The number of nitrogens with zero attached hydrogens (tertiary/aromatic N) is 4. The number of rotatable bonds is 10. The van der Waals surface area contributed by atoms with E-state index in [4.69, 9.17) is 19.5 Å². The number of fused-ring (bicyclic) bond motifs is 6. The fraction of sp³-hybridized carbons (Fsp3) is 0.519. The molecule has 2 saturated carbocycles. The molecule has 7 aliphatic rings. The van der Waals surface area contributed by atoms with E-state index in [9.17, 15) is 19.2 Å². The van der Waals surface area contributed by atoms with Crippen LogP contribution in [0.4, 0.5) is 19.3 Å². The minimum atomic E-state index is -3.05. The molecule has 4 fully saturated rings. The van der Waals surface area contributed by atoms with Crippen molar-refractivity contribution in [2.45, 2.75) is 129 Å². The van der Waals surface area contributed by atoms with E-state index in [1.54, 1.807) is 30.5 Å². The molecule has 0 aromatic heterocycles. The molecule has 354 valence electrons. The van der Waals surface area contributed by atoms with Crippen LogP contribution in [-0.2, 0) is 36.2 Å². The number of allylic oxidation sites excluding steroid dienone is 1. The fourth-order valence-electron chi connectivity index (χ4n) is 11.7. The monoisotopic (exact) mass is 915 g/mol. The van der Waals surface area contributed by atoms with Crippen molar-refractivity contribution >= 4 is 46.6 Å². The van der Waals surface area contributed by atoms with Crippen LogP contribution in [0.15, 0.2) is 70.8 Å². The molecule has 1 N–H and O–H groups in total. The molecule has 1 unspecified atom stereocenters. The molecule has 0 radical (unpaired) electrons. The number of halogens is 2. The van der Waals surface area contributed by atoms with E-state index in [1.807, 2.05) is 51.7 Å². The van der Waals surface area contributed by atoms with E-state index < -0.39 is 18.1 Å². The van der Waals surface area contributed by atoms with Crippen LogP contribution in [0, 0.1) is 42.9 Å². The number of amides is 3. The Balaban J connectivity index is 0.000000177. The van der Waals surface area contributed by atoms with Gasteiger partial charge in [-0.15, -0.1) is 0 Å². The molecule has 2 bridgehead atoms. The van der Waals surface area contributed by atoms with Crippen molar-refractivity contribution in [3.05, 3.63) is 94.2 Å².